The maximum absolute atomic E-state index is 10.6. The van der Waals surface area contributed by atoms with Crippen molar-refractivity contribution in [1.29, 1.82) is 0 Å². The number of hydrogen-bond donors (Lipinski definition) is 2. The topological polar surface area (TPSA) is 49.7 Å². The van der Waals surface area contributed by atoms with E-state index >= 15 is 0 Å². The van der Waals surface area contributed by atoms with Crippen LogP contribution in [0.25, 0.3) is 0 Å². The Labute approximate surface area is 167 Å². The van der Waals surface area contributed by atoms with Crippen molar-refractivity contribution in [2.45, 2.75) is 56.7 Å². The second kappa shape index (κ2) is 6.60. The number of fused-ring (bicyclic) bond motifs is 5. The molecule has 0 bridgehead atoms. The van der Waals surface area contributed by atoms with Crippen LogP contribution in [0.1, 0.15) is 54.7 Å². The maximum Gasteiger partial charge on any atom is 0.115 e. The summed E-state index contributed by atoms with van der Waals surface area (Å²) >= 11 is 0. The molecule has 0 spiro atoms. The van der Waals surface area contributed by atoms with Gasteiger partial charge >= 0.3 is 0 Å². The molecule has 148 valence electrons. The number of phenolic OH excluding ortho intramolecular Hbond substituents is 1. The predicted octanol–water partition coefficient (Wildman–Crippen LogP) is 4.63. The summed E-state index contributed by atoms with van der Waals surface area (Å²) in [6.45, 7) is 2.37. The summed E-state index contributed by atoms with van der Waals surface area (Å²) in [5, 5.41) is 20.7. The number of benzene rings is 2. The van der Waals surface area contributed by atoms with Crippen molar-refractivity contribution in [3.63, 3.8) is 0 Å². The van der Waals surface area contributed by atoms with Crippen molar-refractivity contribution in [3.8, 4) is 5.75 Å². The summed E-state index contributed by atoms with van der Waals surface area (Å²) in [6.07, 6.45) is 3.65. The van der Waals surface area contributed by atoms with E-state index in [1.807, 2.05) is 19.2 Å². The van der Waals surface area contributed by atoms with E-state index in [0.29, 0.717) is 29.4 Å². The van der Waals surface area contributed by atoms with Crippen LogP contribution in [0.15, 0.2) is 48.5 Å². The maximum atomic E-state index is 10.6. The zero-order valence-electron chi connectivity index (χ0n) is 16.7. The van der Waals surface area contributed by atoms with Gasteiger partial charge in [-0.1, -0.05) is 43.3 Å². The molecule has 0 radical (unpaired) electrons. The lowest BCUT2D eigenvalue weighted by Crippen LogP contribution is -2.50. The molecule has 0 aliphatic heterocycles. The normalized spacial score (nSPS) is 39.1. The lowest BCUT2D eigenvalue weighted by molar-refractivity contribution is -0.0641. The molecule has 0 aromatic heterocycles. The molecule has 2 fully saturated rings. The Morgan fingerprint density at radius 1 is 1.07 bits per heavy atom. The van der Waals surface area contributed by atoms with Crippen molar-refractivity contribution in [3.05, 3.63) is 65.2 Å². The Bertz CT molecular complexity index is 863. The molecule has 3 nitrogen and oxygen atoms in total. The summed E-state index contributed by atoms with van der Waals surface area (Å²) in [5.74, 6) is 1.97. The first-order chi connectivity index (χ1) is 13.5. The van der Waals surface area contributed by atoms with E-state index < -0.39 is 0 Å². The number of phenols is 1. The summed E-state index contributed by atoms with van der Waals surface area (Å²) in [6, 6.07) is 16.7. The van der Waals surface area contributed by atoms with Crippen molar-refractivity contribution in [2.24, 2.45) is 17.3 Å². The van der Waals surface area contributed by atoms with Crippen LogP contribution in [0.5, 0.6) is 5.75 Å². The minimum atomic E-state index is -0.205. The second-order valence-electron chi connectivity index (χ2n) is 9.54. The number of aromatic hydroxyl groups is 1. The first kappa shape index (κ1) is 18.2. The molecular formula is C25H30O3. The van der Waals surface area contributed by atoms with E-state index in [1.54, 1.807) is 0 Å². The Hall–Kier alpha value is -1.84. The van der Waals surface area contributed by atoms with Gasteiger partial charge in [-0.25, -0.2) is 0 Å². The molecule has 28 heavy (non-hydrogen) atoms. The highest BCUT2D eigenvalue weighted by atomic mass is 16.5. The molecule has 3 heteroatoms. The van der Waals surface area contributed by atoms with Crippen LogP contribution >= 0.6 is 0 Å². The zero-order chi connectivity index (χ0) is 19.5. The highest BCUT2D eigenvalue weighted by molar-refractivity contribution is 5.44. The van der Waals surface area contributed by atoms with Crippen LogP contribution in [-0.2, 0) is 11.2 Å². The Morgan fingerprint density at radius 2 is 1.86 bits per heavy atom. The predicted molar refractivity (Wildman–Crippen MR) is 109 cm³/mol. The van der Waals surface area contributed by atoms with Gasteiger partial charge in [0.25, 0.3) is 0 Å². The van der Waals surface area contributed by atoms with Crippen LogP contribution in [0.2, 0.25) is 0 Å². The van der Waals surface area contributed by atoms with Crippen LogP contribution in [0.3, 0.4) is 0 Å². The molecular weight excluding hydrogens is 348 g/mol. The SMILES string of the molecule is CO[C@H]1C[C@]2(C)C[C@H](O)C[C@H]2[C@H]2[C@H]1c1ccc(O)cc1C[C@H]2c1ccccc1. The van der Waals surface area contributed by atoms with Gasteiger partial charge in [-0.2, -0.15) is 0 Å². The van der Waals surface area contributed by atoms with Crippen molar-refractivity contribution in [2.75, 3.05) is 7.11 Å². The Morgan fingerprint density at radius 3 is 2.61 bits per heavy atom. The summed E-state index contributed by atoms with van der Waals surface area (Å²) in [7, 11) is 1.84. The minimum Gasteiger partial charge on any atom is -0.508 e. The van der Waals surface area contributed by atoms with Crippen LogP contribution in [0, 0.1) is 17.3 Å². The van der Waals surface area contributed by atoms with E-state index in [4.69, 9.17) is 4.74 Å². The molecule has 2 N–H and O–H groups in total. The van der Waals surface area contributed by atoms with Gasteiger partial charge in [-0.15, -0.1) is 0 Å². The fourth-order valence-electron chi connectivity index (χ4n) is 6.97. The van der Waals surface area contributed by atoms with Crippen LogP contribution in [-0.4, -0.2) is 29.5 Å². The molecule has 0 heterocycles. The quantitative estimate of drug-likeness (QED) is 0.801. The number of ether oxygens (including phenoxy) is 1. The molecule has 2 aromatic carbocycles. The summed E-state index contributed by atoms with van der Waals surface area (Å²) in [5.41, 5.74) is 4.08. The summed E-state index contributed by atoms with van der Waals surface area (Å²) in [4.78, 5) is 0. The van der Waals surface area contributed by atoms with Gasteiger partial charge in [0.1, 0.15) is 5.75 Å². The Balaban J connectivity index is 1.69. The van der Waals surface area contributed by atoms with E-state index in [0.717, 1.165) is 25.7 Å². The Kier molecular flexibility index (Phi) is 4.29. The number of aliphatic hydroxyl groups excluding tert-OH is 1. The molecule has 0 unspecified atom stereocenters. The number of hydrogen-bond acceptors (Lipinski definition) is 3. The second-order valence-corrected chi connectivity index (χ2v) is 9.54. The highest BCUT2D eigenvalue weighted by Gasteiger charge is 2.58. The first-order valence-electron chi connectivity index (χ1n) is 10.6. The third-order valence-corrected chi connectivity index (χ3v) is 7.99. The number of aliphatic hydroxyl groups is 1. The lowest BCUT2D eigenvalue weighted by atomic mass is 9.51. The van der Waals surface area contributed by atoms with E-state index in [1.165, 1.54) is 16.7 Å². The first-order valence-corrected chi connectivity index (χ1v) is 10.6. The van der Waals surface area contributed by atoms with Crippen LogP contribution < -0.4 is 0 Å². The standard InChI is InChI=1S/C25H30O3/c1-25-13-18(27)12-21(25)23-20(15-6-4-3-5-7-15)11-16-10-17(26)8-9-19(16)24(23)22(14-25)28-2/h3-10,18,20-24,26-27H,11-14H2,1-2H3/t18-,20+,21+,22+,23+,24+,25+/m1/s1. The fourth-order valence-corrected chi connectivity index (χ4v) is 6.97. The minimum absolute atomic E-state index is 0.128. The molecule has 3 aliphatic rings. The van der Waals surface area contributed by atoms with Gasteiger partial charge in [-0.3, -0.25) is 0 Å². The number of rotatable bonds is 2. The van der Waals surface area contributed by atoms with Crippen LogP contribution in [0.4, 0.5) is 0 Å². The van der Waals surface area contributed by atoms with Gasteiger partial charge in [0.2, 0.25) is 0 Å². The van der Waals surface area contributed by atoms with Gasteiger partial charge in [-0.05, 0) is 77.7 Å². The van der Waals surface area contributed by atoms with Crippen molar-refractivity contribution in [1.82, 2.24) is 0 Å². The average molecular weight is 379 g/mol. The molecule has 5 rings (SSSR count). The monoisotopic (exact) mass is 378 g/mol. The molecule has 2 aromatic rings. The van der Waals surface area contributed by atoms with Gasteiger partial charge in [0.15, 0.2) is 0 Å². The zero-order valence-corrected chi connectivity index (χ0v) is 16.7. The smallest absolute Gasteiger partial charge is 0.115 e. The van der Waals surface area contributed by atoms with Crippen molar-refractivity contribution >= 4 is 0 Å². The lowest BCUT2D eigenvalue weighted by Gasteiger charge is -2.55. The molecule has 7 atom stereocenters. The fraction of sp³-hybridized carbons (Fsp3) is 0.520. The third-order valence-electron chi connectivity index (χ3n) is 7.99. The largest absolute Gasteiger partial charge is 0.508 e. The van der Waals surface area contributed by atoms with Gasteiger partial charge in [0, 0.05) is 13.0 Å². The summed E-state index contributed by atoms with van der Waals surface area (Å²) < 4.78 is 6.10. The van der Waals surface area contributed by atoms with Gasteiger partial charge in [0.05, 0.1) is 12.2 Å². The third kappa shape index (κ3) is 2.71. The highest BCUT2D eigenvalue weighted by Crippen LogP contribution is 2.64. The van der Waals surface area contributed by atoms with Crippen molar-refractivity contribution < 1.29 is 14.9 Å². The average Bonchev–Trinajstić information content (AvgIpc) is 3.00. The van der Waals surface area contributed by atoms with Gasteiger partial charge < -0.3 is 14.9 Å². The molecule has 0 amide bonds. The van der Waals surface area contributed by atoms with E-state index in [-0.39, 0.29) is 17.6 Å². The molecule has 0 saturated heterocycles. The number of methoxy groups -OCH3 is 1. The van der Waals surface area contributed by atoms with E-state index in [9.17, 15) is 10.2 Å². The molecule has 3 aliphatic carbocycles. The van der Waals surface area contributed by atoms with E-state index in [2.05, 4.69) is 43.3 Å². The molecule has 2 saturated carbocycles.